The lowest BCUT2D eigenvalue weighted by Crippen LogP contribution is -2.37. The molecule has 4 atom stereocenters. The predicted octanol–water partition coefficient (Wildman–Crippen LogP) is 2.10. The number of likely N-dealkylation sites (tertiary alicyclic amines) is 1. The van der Waals surface area contributed by atoms with Crippen molar-refractivity contribution >= 4 is 17.7 Å². The summed E-state index contributed by atoms with van der Waals surface area (Å²) in [5.41, 5.74) is 6.11. The number of hydrogen-bond acceptors (Lipinski definition) is 3. The number of fused-ring (bicyclic) bond motifs is 1. The fourth-order valence-corrected chi connectivity index (χ4v) is 4.32. The predicted molar refractivity (Wildman–Crippen MR) is 77.6 cm³/mol. The van der Waals surface area contributed by atoms with E-state index < -0.39 is 0 Å². The van der Waals surface area contributed by atoms with E-state index in [1.165, 1.54) is 19.3 Å². The molecular weight excluding hydrogens is 244 g/mol. The van der Waals surface area contributed by atoms with Crippen LogP contribution in [-0.2, 0) is 4.79 Å². The summed E-state index contributed by atoms with van der Waals surface area (Å²) in [7, 11) is 0. The third-order valence-electron chi connectivity index (χ3n) is 4.44. The Morgan fingerprint density at radius 2 is 2.22 bits per heavy atom. The summed E-state index contributed by atoms with van der Waals surface area (Å²) in [4.78, 5) is 14.4. The smallest absolute Gasteiger partial charge is 0.235 e. The third-order valence-corrected chi connectivity index (χ3v) is 5.66. The lowest BCUT2D eigenvalue weighted by Gasteiger charge is -2.22. The van der Waals surface area contributed by atoms with Crippen molar-refractivity contribution in [2.24, 2.45) is 17.6 Å². The average molecular weight is 270 g/mol. The molecule has 0 aromatic heterocycles. The molecule has 1 amide bonds. The van der Waals surface area contributed by atoms with Crippen molar-refractivity contribution in [3.8, 4) is 0 Å². The van der Waals surface area contributed by atoms with Gasteiger partial charge in [0.1, 0.15) is 0 Å². The van der Waals surface area contributed by atoms with Crippen LogP contribution in [0.3, 0.4) is 0 Å². The molecule has 4 unspecified atom stereocenters. The molecule has 0 bridgehead atoms. The van der Waals surface area contributed by atoms with Gasteiger partial charge in [0.05, 0.1) is 5.25 Å². The highest BCUT2D eigenvalue weighted by Crippen LogP contribution is 2.37. The molecule has 0 aromatic rings. The summed E-state index contributed by atoms with van der Waals surface area (Å²) >= 11 is 1.80. The van der Waals surface area contributed by atoms with Crippen LogP contribution in [0.25, 0.3) is 0 Å². The zero-order valence-electron chi connectivity index (χ0n) is 11.6. The quantitative estimate of drug-likeness (QED) is 0.778. The average Bonchev–Trinajstić information content (AvgIpc) is 2.91. The van der Waals surface area contributed by atoms with E-state index in [0.29, 0.717) is 23.8 Å². The van der Waals surface area contributed by atoms with Crippen molar-refractivity contribution in [2.45, 2.75) is 50.8 Å². The summed E-state index contributed by atoms with van der Waals surface area (Å²) in [6, 6.07) is 0.329. The van der Waals surface area contributed by atoms with Crippen LogP contribution in [0.2, 0.25) is 0 Å². The Labute approximate surface area is 115 Å². The van der Waals surface area contributed by atoms with E-state index in [1.807, 2.05) is 0 Å². The summed E-state index contributed by atoms with van der Waals surface area (Å²) in [6.07, 6.45) is 4.78. The van der Waals surface area contributed by atoms with E-state index in [2.05, 4.69) is 18.7 Å². The van der Waals surface area contributed by atoms with Gasteiger partial charge in [-0.3, -0.25) is 4.79 Å². The van der Waals surface area contributed by atoms with E-state index in [0.717, 1.165) is 25.3 Å². The normalized spacial score (nSPS) is 32.6. The van der Waals surface area contributed by atoms with E-state index in [1.54, 1.807) is 11.8 Å². The van der Waals surface area contributed by atoms with Crippen molar-refractivity contribution in [3.63, 3.8) is 0 Å². The van der Waals surface area contributed by atoms with E-state index >= 15 is 0 Å². The summed E-state index contributed by atoms with van der Waals surface area (Å²) < 4.78 is 0. The fraction of sp³-hybridized carbons (Fsp3) is 0.929. The highest BCUT2D eigenvalue weighted by Gasteiger charge is 2.43. The molecule has 1 heterocycles. The molecule has 2 aliphatic rings. The van der Waals surface area contributed by atoms with E-state index in [4.69, 9.17) is 5.73 Å². The zero-order valence-corrected chi connectivity index (χ0v) is 12.4. The van der Waals surface area contributed by atoms with Crippen molar-refractivity contribution in [1.29, 1.82) is 0 Å². The second kappa shape index (κ2) is 6.29. The molecule has 1 aliphatic heterocycles. The minimum atomic E-state index is 0.117. The second-order valence-electron chi connectivity index (χ2n) is 5.77. The maximum Gasteiger partial charge on any atom is 0.235 e. The summed E-state index contributed by atoms with van der Waals surface area (Å²) in [6.45, 7) is 6.10. The van der Waals surface area contributed by atoms with Crippen LogP contribution in [-0.4, -0.2) is 40.9 Å². The van der Waals surface area contributed by atoms with Crippen LogP contribution in [0.5, 0.6) is 0 Å². The van der Waals surface area contributed by atoms with E-state index in [9.17, 15) is 4.79 Å². The summed E-state index contributed by atoms with van der Waals surface area (Å²) in [5.74, 6) is 2.68. The Balaban J connectivity index is 1.80. The zero-order chi connectivity index (χ0) is 13.1. The van der Waals surface area contributed by atoms with Crippen molar-refractivity contribution in [3.05, 3.63) is 0 Å². The highest BCUT2D eigenvalue weighted by molar-refractivity contribution is 8.00. The Hall–Kier alpha value is -0.220. The van der Waals surface area contributed by atoms with Gasteiger partial charge in [0.15, 0.2) is 0 Å². The van der Waals surface area contributed by atoms with Crippen molar-refractivity contribution in [2.75, 3.05) is 18.8 Å². The van der Waals surface area contributed by atoms with Gasteiger partial charge in [-0.15, -0.1) is 11.8 Å². The first-order chi connectivity index (χ1) is 8.63. The van der Waals surface area contributed by atoms with Gasteiger partial charge < -0.3 is 10.6 Å². The molecule has 1 aliphatic carbocycles. The van der Waals surface area contributed by atoms with Crippen LogP contribution in [0.4, 0.5) is 0 Å². The first kappa shape index (κ1) is 14.2. The maximum absolute atomic E-state index is 12.3. The van der Waals surface area contributed by atoms with Gasteiger partial charge >= 0.3 is 0 Å². The van der Waals surface area contributed by atoms with Gasteiger partial charge in [0.2, 0.25) is 5.91 Å². The molecule has 2 fully saturated rings. The van der Waals surface area contributed by atoms with Crippen molar-refractivity contribution in [1.82, 2.24) is 4.90 Å². The highest BCUT2D eigenvalue weighted by atomic mass is 32.2. The van der Waals surface area contributed by atoms with Crippen LogP contribution in [0.15, 0.2) is 0 Å². The maximum atomic E-state index is 12.3. The Morgan fingerprint density at radius 1 is 1.44 bits per heavy atom. The molecule has 0 aromatic carbocycles. The molecule has 1 saturated carbocycles. The molecule has 18 heavy (non-hydrogen) atoms. The number of carbonyl (C=O) groups excluding carboxylic acids is 1. The Morgan fingerprint density at radius 3 is 2.89 bits per heavy atom. The minimum absolute atomic E-state index is 0.117. The lowest BCUT2D eigenvalue weighted by molar-refractivity contribution is -0.129. The molecule has 104 valence electrons. The first-order valence-electron chi connectivity index (χ1n) is 7.29. The van der Waals surface area contributed by atoms with Gasteiger partial charge in [-0.2, -0.15) is 0 Å². The number of nitrogens with two attached hydrogens (primary N) is 1. The van der Waals surface area contributed by atoms with Gasteiger partial charge in [0, 0.05) is 19.1 Å². The molecule has 2 rings (SSSR count). The molecule has 1 saturated heterocycles. The van der Waals surface area contributed by atoms with Crippen LogP contribution in [0, 0.1) is 11.8 Å². The Kier molecular flexibility index (Phi) is 4.96. The van der Waals surface area contributed by atoms with Gasteiger partial charge in [0.25, 0.3) is 0 Å². The Bertz CT molecular complexity index is 298. The number of rotatable bonds is 5. The standard InChI is InChI=1S/C14H26N2OS/c1-3-4-7-18-10(2)14(17)16-8-11-5-6-13(15)12(11)9-16/h10-13H,3-9,15H2,1-2H3. The topological polar surface area (TPSA) is 46.3 Å². The third kappa shape index (κ3) is 3.02. The molecule has 4 heteroatoms. The van der Waals surface area contributed by atoms with Crippen LogP contribution in [0.1, 0.15) is 39.5 Å². The van der Waals surface area contributed by atoms with Crippen LogP contribution < -0.4 is 5.73 Å². The molecule has 2 N–H and O–H groups in total. The molecule has 0 spiro atoms. The number of amides is 1. The number of thioether (sulfide) groups is 1. The number of unbranched alkanes of at least 4 members (excludes halogenated alkanes) is 1. The van der Waals surface area contributed by atoms with Gasteiger partial charge in [-0.25, -0.2) is 0 Å². The SMILES string of the molecule is CCCCSC(C)C(=O)N1CC2CCC(N)C2C1. The fourth-order valence-electron chi connectivity index (χ4n) is 3.22. The summed E-state index contributed by atoms with van der Waals surface area (Å²) in [5, 5.41) is 0.117. The molecular formula is C14H26N2OS. The number of hydrogen-bond donors (Lipinski definition) is 1. The number of nitrogens with zero attached hydrogens (tertiary/aromatic N) is 1. The van der Waals surface area contributed by atoms with Crippen molar-refractivity contribution < 1.29 is 4.79 Å². The van der Waals surface area contributed by atoms with E-state index in [-0.39, 0.29) is 5.25 Å². The van der Waals surface area contributed by atoms with Crippen LogP contribution >= 0.6 is 11.8 Å². The number of carbonyl (C=O) groups is 1. The van der Waals surface area contributed by atoms with Gasteiger partial charge in [-0.05, 0) is 43.8 Å². The lowest BCUT2D eigenvalue weighted by atomic mass is 9.98. The second-order valence-corrected chi connectivity index (χ2v) is 7.22. The minimum Gasteiger partial charge on any atom is -0.341 e. The largest absolute Gasteiger partial charge is 0.341 e. The monoisotopic (exact) mass is 270 g/mol. The first-order valence-corrected chi connectivity index (χ1v) is 8.34. The molecule has 3 nitrogen and oxygen atoms in total. The van der Waals surface area contributed by atoms with Gasteiger partial charge in [-0.1, -0.05) is 13.3 Å². The molecule has 0 radical (unpaired) electrons.